The Morgan fingerprint density at radius 2 is 1.86 bits per heavy atom. The third-order valence-electron chi connectivity index (χ3n) is 3.59. The van der Waals surface area contributed by atoms with Gasteiger partial charge in [0, 0.05) is 19.2 Å². The van der Waals surface area contributed by atoms with Crippen molar-refractivity contribution in [1.29, 1.82) is 0 Å². The minimum Gasteiger partial charge on any atom is -0.365 e. The summed E-state index contributed by atoms with van der Waals surface area (Å²) in [6.07, 6.45) is -4.15. The number of nitro benzene ring substituents is 2. The van der Waals surface area contributed by atoms with E-state index in [2.05, 4.69) is 0 Å². The first-order chi connectivity index (χ1) is 10.2. The Bertz CT molecular complexity index is 606. The number of hydrogen-bond donors (Lipinski definition) is 0. The molecule has 0 bridgehead atoms. The third kappa shape index (κ3) is 3.26. The zero-order chi connectivity index (χ0) is 16.5. The zero-order valence-corrected chi connectivity index (χ0v) is 11.2. The smallest absolute Gasteiger partial charge is 0.365 e. The molecular weight excluding hydrogens is 307 g/mol. The lowest BCUT2D eigenvalue weighted by Gasteiger charge is -2.34. The Morgan fingerprint density at radius 1 is 1.18 bits per heavy atom. The molecule has 0 aliphatic carbocycles. The average Bonchev–Trinajstić information content (AvgIpc) is 2.45. The van der Waals surface area contributed by atoms with Crippen LogP contribution in [-0.2, 0) is 0 Å². The molecule has 10 heteroatoms. The SMILES string of the molecule is O=[N+]([O-])c1ccc(N2CCCC(C(F)(F)F)C2)c([N+](=O)[O-])c1. The van der Waals surface area contributed by atoms with Crippen LogP contribution in [0.1, 0.15) is 12.8 Å². The van der Waals surface area contributed by atoms with Gasteiger partial charge in [0.05, 0.1) is 21.8 Å². The highest BCUT2D eigenvalue weighted by atomic mass is 19.4. The van der Waals surface area contributed by atoms with Gasteiger partial charge in [0.15, 0.2) is 0 Å². The molecular formula is C12H12F3N3O4. The van der Waals surface area contributed by atoms with Gasteiger partial charge in [-0.25, -0.2) is 0 Å². The highest BCUT2D eigenvalue weighted by Gasteiger charge is 2.42. The number of halogens is 3. The molecule has 1 aliphatic rings. The molecule has 0 amide bonds. The van der Waals surface area contributed by atoms with Crippen molar-refractivity contribution in [2.24, 2.45) is 5.92 Å². The van der Waals surface area contributed by atoms with Crippen molar-refractivity contribution >= 4 is 17.1 Å². The zero-order valence-electron chi connectivity index (χ0n) is 11.2. The van der Waals surface area contributed by atoms with E-state index in [-0.39, 0.29) is 31.6 Å². The van der Waals surface area contributed by atoms with E-state index in [1.807, 2.05) is 0 Å². The number of non-ortho nitro benzene ring substituents is 1. The normalized spacial score (nSPS) is 19.0. The number of alkyl halides is 3. The highest BCUT2D eigenvalue weighted by Crippen LogP contribution is 2.38. The average molecular weight is 319 g/mol. The first-order valence-corrected chi connectivity index (χ1v) is 6.44. The van der Waals surface area contributed by atoms with Crippen molar-refractivity contribution in [2.75, 3.05) is 18.0 Å². The fourth-order valence-corrected chi connectivity index (χ4v) is 2.50. The minimum atomic E-state index is -4.37. The maximum atomic E-state index is 12.8. The number of nitro groups is 2. The van der Waals surface area contributed by atoms with Gasteiger partial charge in [0.25, 0.3) is 11.4 Å². The van der Waals surface area contributed by atoms with Gasteiger partial charge in [-0.05, 0) is 18.9 Å². The minimum absolute atomic E-state index is 0.0236. The standard InChI is InChI=1S/C12H12F3N3O4/c13-12(14,15)8-2-1-5-16(7-8)10-4-3-9(17(19)20)6-11(10)18(21)22/h3-4,6,8H,1-2,5,7H2. The van der Waals surface area contributed by atoms with Crippen molar-refractivity contribution in [3.8, 4) is 0 Å². The molecule has 22 heavy (non-hydrogen) atoms. The second-order valence-electron chi connectivity index (χ2n) is 5.01. The summed E-state index contributed by atoms with van der Waals surface area (Å²) in [5.74, 6) is -1.56. The number of rotatable bonds is 3. The van der Waals surface area contributed by atoms with Crippen molar-refractivity contribution in [3.63, 3.8) is 0 Å². The fourth-order valence-electron chi connectivity index (χ4n) is 2.50. The van der Waals surface area contributed by atoms with Gasteiger partial charge in [0.2, 0.25) is 0 Å². The van der Waals surface area contributed by atoms with Crippen molar-refractivity contribution in [1.82, 2.24) is 0 Å². The van der Waals surface area contributed by atoms with Crippen LogP contribution in [0.5, 0.6) is 0 Å². The molecule has 2 rings (SSSR count). The van der Waals surface area contributed by atoms with Gasteiger partial charge >= 0.3 is 6.18 Å². The summed E-state index contributed by atoms with van der Waals surface area (Å²) in [6.45, 7) is -0.145. The number of hydrogen-bond acceptors (Lipinski definition) is 5. The second-order valence-corrected chi connectivity index (χ2v) is 5.01. The lowest BCUT2D eigenvalue weighted by Crippen LogP contribution is -2.42. The van der Waals surface area contributed by atoms with Gasteiger partial charge in [-0.2, -0.15) is 13.2 Å². The van der Waals surface area contributed by atoms with E-state index in [0.717, 1.165) is 18.2 Å². The summed E-state index contributed by atoms with van der Waals surface area (Å²) in [5.41, 5.74) is -1.05. The third-order valence-corrected chi connectivity index (χ3v) is 3.59. The predicted octanol–water partition coefficient (Wildman–Crippen LogP) is 3.28. The molecule has 7 nitrogen and oxygen atoms in total. The van der Waals surface area contributed by atoms with Crippen LogP contribution in [0.4, 0.5) is 30.2 Å². The molecule has 1 atom stereocenters. The van der Waals surface area contributed by atoms with Gasteiger partial charge in [0.1, 0.15) is 5.69 Å². The monoisotopic (exact) mass is 319 g/mol. The van der Waals surface area contributed by atoms with E-state index in [1.165, 1.54) is 4.90 Å². The Hall–Kier alpha value is -2.39. The molecule has 1 aliphatic heterocycles. The predicted molar refractivity (Wildman–Crippen MR) is 70.7 cm³/mol. The lowest BCUT2D eigenvalue weighted by atomic mass is 9.97. The summed E-state index contributed by atoms with van der Waals surface area (Å²) >= 11 is 0. The fraction of sp³-hybridized carbons (Fsp3) is 0.500. The van der Waals surface area contributed by atoms with E-state index < -0.39 is 33.3 Å². The molecule has 1 fully saturated rings. The molecule has 0 N–H and O–H groups in total. The van der Waals surface area contributed by atoms with E-state index in [0.29, 0.717) is 0 Å². The van der Waals surface area contributed by atoms with Crippen LogP contribution in [0.25, 0.3) is 0 Å². The van der Waals surface area contributed by atoms with E-state index in [4.69, 9.17) is 0 Å². The summed E-state index contributed by atoms with van der Waals surface area (Å²) < 4.78 is 38.4. The molecule has 1 aromatic rings. The van der Waals surface area contributed by atoms with Gasteiger partial charge in [-0.3, -0.25) is 20.2 Å². The van der Waals surface area contributed by atoms with Crippen molar-refractivity contribution in [3.05, 3.63) is 38.4 Å². The number of anilines is 1. The summed E-state index contributed by atoms with van der Waals surface area (Å²) in [5, 5.41) is 21.7. The van der Waals surface area contributed by atoms with Crippen LogP contribution >= 0.6 is 0 Å². The maximum Gasteiger partial charge on any atom is 0.393 e. The first-order valence-electron chi connectivity index (χ1n) is 6.44. The summed E-state index contributed by atoms with van der Waals surface area (Å²) in [6, 6.07) is 2.96. The largest absolute Gasteiger partial charge is 0.393 e. The molecule has 1 unspecified atom stereocenters. The van der Waals surface area contributed by atoms with Crippen LogP contribution < -0.4 is 4.90 Å². The van der Waals surface area contributed by atoms with E-state index in [9.17, 15) is 33.4 Å². The Balaban J connectivity index is 2.35. The topological polar surface area (TPSA) is 89.5 Å². The number of benzene rings is 1. The molecule has 120 valence electrons. The van der Waals surface area contributed by atoms with E-state index in [1.54, 1.807) is 0 Å². The number of nitrogens with zero attached hydrogens (tertiary/aromatic N) is 3. The summed E-state index contributed by atoms with van der Waals surface area (Å²) in [4.78, 5) is 21.4. The van der Waals surface area contributed by atoms with Crippen molar-refractivity contribution in [2.45, 2.75) is 19.0 Å². The first kappa shape index (κ1) is 16.0. The Labute approximate surface area is 122 Å². The molecule has 1 heterocycles. The van der Waals surface area contributed by atoms with Gasteiger partial charge in [-0.15, -0.1) is 0 Å². The van der Waals surface area contributed by atoms with Crippen LogP contribution in [0.3, 0.4) is 0 Å². The molecule has 0 spiro atoms. The van der Waals surface area contributed by atoms with Crippen molar-refractivity contribution < 1.29 is 23.0 Å². The lowest BCUT2D eigenvalue weighted by molar-refractivity contribution is -0.393. The molecule has 0 saturated carbocycles. The Kier molecular flexibility index (Phi) is 4.20. The quantitative estimate of drug-likeness (QED) is 0.630. The highest BCUT2D eigenvalue weighted by molar-refractivity contribution is 5.67. The van der Waals surface area contributed by atoms with Crippen LogP contribution in [0.2, 0.25) is 0 Å². The molecule has 0 radical (unpaired) electrons. The maximum absolute atomic E-state index is 12.8. The Morgan fingerprint density at radius 3 is 2.41 bits per heavy atom. The van der Waals surface area contributed by atoms with Crippen LogP contribution in [0.15, 0.2) is 18.2 Å². The molecule has 1 aromatic carbocycles. The number of piperidine rings is 1. The second kappa shape index (κ2) is 5.78. The van der Waals surface area contributed by atoms with Gasteiger partial charge < -0.3 is 4.90 Å². The van der Waals surface area contributed by atoms with Gasteiger partial charge in [-0.1, -0.05) is 0 Å². The molecule has 0 aromatic heterocycles. The van der Waals surface area contributed by atoms with Crippen LogP contribution in [-0.4, -0.2) is 29.1 Å². The summed E-state index contributed by atoms with van der Waals surface area (Å²) in [7, 11) is 0. The van der Waals surface area contributed by atoms with Crippen LogP contribution in [0, 0.1) is 26.1 Å². The van der Waals surface area contributed by atoms with E-state index >= 15 is 0 Å². The molecule has 1 saturated heterocycles.